The minimum Gasteiger partial charge on any atom is -0.369 e. The summed E-state index contributed by atoms with van der Waals surface area (Å²) in [7, 11) is -3.02. The van der Waals surface area contributed by atoms with Crippen molar-refractivity contribution in [3.05, 3.63) is 17.8 Å². The maximum Gasteiger partial charge on any atom is 0.202 e. The molecule has 6 nitrogen and oxygen atoms in total. The quantitative estimate of drug-likeness (QED) is 0.883. The van der Waals surface area contributed by atoms with Crippen molar-refractivity contribution in [3.8, 4) is 0 Å². The van der Waals surface area contributed by atoms with Crippen molar-refractivity contribution in [1.82, 2.24) is 14.5 Å². The molecule has 98 valence electrons. The van der Waals surface area contributed by atoms with Crippen molar-refractivity contribution < 1.29 is 8.42 Å². The first-order chi connectivity index (χ1) is 8.43. The molecule has 0 saturated carbocycles. The molecule has 0 aliphatic carbocycles. The van der Waals surface area contributed by atoms with Gasteiger partial charge in [0.15, 0.2) is 15.5 Å². The first-order valence-corrected chi connectivity index (χ1v) is 7.54. The van der Waals surface area contributed by atoms with E-state index in [9.17, 15) is 8.42 Å². The van der Waals surface area contributed by atoms with E-state index in [4.69, 9.17) is 5.73 Å². The summed E-state index contributed by atoms with van der Waals surface area (Å²) in [5, 5.41) is 0. The second-order valence-corrected chi connectivity index (χ2v) is 6.69. The van der Waals surface area contributed by atoms with Crippen molar-refractivity contribution in [2.75, 3.05) is 17.2 Å². The number of hydrogen-bond donors (Lipinski definition) is 1. The van der Waals surface area contributed by atoms with Gasteiger partial charge in [-0.15, -0.1) is 0 Å². The second kappa shape index (κ2) is 4.56. The Kier molecular flexibility index (Phi) is 3.25. The van der Waals surface area contributed by atoms with Gasteiger partial charge in [-0.2, -0.15) is 0 Å². The van der Waals surface area contributed by atoms with Crippen LogP contribution in [0.2, 0.25) is 0 Å². The average Bonchev–Trinajstić information content (AvgIpc) is 2.61. The molecule has 0 aromatic carbocycles. The number of nitrogen functional groups attached to an aromatic ring is 1. The summed E-state index contributed by atoms with van der Waals surface area (Å²) in [6, 6.07) is 1.88. The van der Waals surface area contributed by atoms with Gasteiger partial charge in [0, 0.05) is 18.5 Å². The molecule has 0 spiro atoms. The summed E-state index contributed by atoms with van der Waals surface area (Å²) in [4.78, 5) is 8.44. The van der Waals surface area contributed by atoms with Crippen LogP contribution in [0, 0.1) is 6.92 Å². The molecule has 18 heavy (non-hydrogen) atoms. The average molecular weight is 268 g/mol. The van der Waals surface area contributed by atoms with Crippen LogP contribution in [0.4, 0.5) is 5.95 Å². The van der Waals surface area contributed by atoms with Gasteiger partial charge in [0.25, 0.3) is 0 Å². The standard InChI is InChI=1S/C11H16N4O2S/c1-3-18(16,17)5-4-15-10-9(14-11(15)12)6-8(2)7-13-10/h6-7H,3-5H2,1-2H3,(H2,12,14). The lowest BCUT2D eigenvalue weighted by Gasteiger charge is -2.05. The molecular formula is C11H16N4O2S. The smallest absolute Gasteiger partial charge is 0.202 e. The lowest BCUT2D eigenvalue weighted by molar-refractivity contribution is 0.591. The number of fused-ring (bicyclic) bond motifs is 1. The van der Waals surface area contributed by atoms with Crippen LogP contribution in [0.1, 0.15) is 12.5 Å². The van der Waals surface area contributed by atoms with Crippen LogP contribution >= 0.6 is 0 Å². The van der Waals surface area contributed by atoms with Gasteiger partial charge < -0.3 is 5.73 Å². The van der Waals surface area contributed by atoms with E-state index in [0.29, 0.717) is 17.1 Å². The number of anilines is 1. The Balaban J connectivity index is 2.36. The molecule has 2 aromatic heterocycles. The number of pyridine rings is 1. The molecule has 7 heteroatoms. The van der Waals surface area contributed by atoms with Crippen LogP contribution in [0.15, 0.2) is 12.3 Å². The Labute approximate surface area is 106 Å². The van der Waals surface area contributed by atoms with Crippen LogP contribution in [0.3, 0.4) is 0 Å². The van der Waals surface area contributed by atoms with Gasteiger partial charge >= 0.3 is 0 Å². The highest BCUT2D eigenvalue weighted by Crippen LogP contribution is 2.16. The Hall–Kier alpha value is -1.63. The molecule has 0 unspecified atom stereocenters. The third kappa shape index (κ3) is 2.45. The monoisotopic (exact) mass is 268 g/mol. The first kappa shape index (κ1) is 12.8. The largest absolute Gasteiger partial charge is 0.369 e. The van der Waals surface area contributed by atoms with Gasteiger partial charge in [-0.25, -0.2) is 18.4 Å². The minimum absolute atomic E-state index is 0.0503. The normalized spacial score (nSPS) is 12.1. The molecule has 2 N–H and O–H groups in total. The molecule has 2 aromatic rings. The van der Waals surface area contributed by atoms with E-state index in [1.54, 1.807) is 17.7 Å². The lowest BCUT2D eigenvalue weighted by atomic mass is 10.3. The molecule has 0 aliphatic rings. The van der Waals surface area contributed by atoms with Gasteiger partial charge in [-0.3, -0.25) is 4.57 Å². The first-order valence-electron chi connectivity index (χ1n) is 5.71. The summed E-state index contributed by atoms with van der Waals surface area (Å²) >= 11 is 0. The fraction of sp³-hybridized carbons (Fsp3) is 0.455. The van der Waals surface area contributed by atoms with Crippen LogP contribution in [-0.4, -0.2) is 34.5 Å². The van der Waals surface area contributed by atoms with E-state index in [2.05, 4.69) is 9.97 Å². The van der Waals surface area contributed by atoms with Crippen LogP contribution in [-0.2, 0) is 16.4 Å². The topological polar surface area (TPSA) is 90.9 Å². The zero-order valence-electron chi connectivity index (χ0n) is 10.4. The van der Waals surface area contributed by atoms with E-state index >= 15 is 0 Å². The number of sulfone groups is 1. The lowest BCUT2D eigenvalue weighted by Crippen LogP contribution is -2.16. The summed E-state index contributed by atoms with van der Waals surface area (Å²) in [6.07, 6.45) is 1.72. The predicted molar refractivity (Wildman–Crippen MR) is 71.0 cm³/mol. The molecule has 0 saturated heterocycles. The zero-order valence-corrected chi connectivity index (χ0v) is 11.2. The highest BCUT2D eigenvalue weighted by Gasteiger charge is 2.13. The van der Waals surface area contributed by atoms with Gasteiger partial charge in [0.2, 0.25) is 5.95 Å². The Bertz CT molecular complexity index is 676. The molecule has 2 rings (SSSR count). The summed E-state index contributed by atoms with van der Waals surface area (Å²) in [6.45, 7) is 3.84. The number of aryl methyl sites for hydroxylation is 2. The zero-order chi connectivity index (χ0) is 13.3. The Morgan fingerprint density at radius 3 is 2.83 bits per heavy atom. The molecular weight excluding hydrogens is 252 g/mol. The Morgan fingerprint density at radius 2 is 2.17 bits per heavy atom. The fourth-order valence-electron chi connectivity index (χ4n) is 1.72. The highest BCUT2D eigenvalue weighted by molar-refractivity contribution is 7.91. The van der Waals surface area contributed by atoms with E-state index in [1.807, 2.05) is 13.0 Å². The van der Waals surface area contributed by atoms with Gasteiger partial charge in [0.1, 0.15) is 5.52 Å². The summed E-state index contributed by atoms with van der Waals surface area (Å²) in [5.74, 6) is 0.482. The molecule has 2 heterocycles. The van der Waals surface area contributed by atoms with Crippen molar-refractivity contribution in [2.45, 2.75) is 20.4 Å². The van der Waals surface area contributed by atoms with Gasteiger partial charge in [-0.1, -0.05) is 6.92 Å². The fourth-order valence-corrected chi connectivity index (χ4v) is 2.47. The van der Waals surface area contributed by atoms with Crippen molar-refractivity contribution >= 4 is 26.9 Å². The number of imidazole rings is 1. The molecule has 0 aliphatic heterocycles. The van der Waals surface area contributed by atoms with E-state index in [1.165, 1.54) is 0 Å². The highest BCUT2D eigenvalue weighted by atomic mass is 32.2. The van der Waals surface area contributed by atoms with Crippen LogP contribution in [0.5, 0.6) is 0 Å². The maximum atomic E-state index is 11.5. The minimum atomic E-state index is -3.02. The second-order valence-electron chi connectivity index (χ2n) is 4.21. The Morgan fingerprint density at radius 1 is 1.44 bits per heavy atom. The van der Waals surface area contributed by atoms with Crippen LogP contribution < -0.4 is 5.73 Å². The van der Waals surface area contributed by atoms with E-state index in [0.717, 1.165) is 5.56 Å². The maximum absolute atomic E-state index is 11.5. The van der Waals surface area contributed by atoms with E-state index < -0.39 is 9.84 Å². The molecule has 0 radical (unpaired) electrons. The van der Waals surface area contributed by atoms with Crippen LogP contribution in [0.25, 0.3) is 11.2 Å². The van der Waals surface area contributed by atoms with Gasteiger partial charge in [-0.05, 0) is 18.6 Å². The number of hydrogen-bond acceptors (Lipinski definition) is 5. The van der Waals surface area contributed by atoms with Crippen molar-refractivity contribution in [1.29, 1.82) is 0 Å². The molecule has 0 amide bonds. The third-order valence-electron chi connectivity index (χ3n) is 2.82. The number of nitrogens with two attached hydrogens (primary N) is 1. The molecule has 0 atom stereocenters. The molecule has 0 bridgehead atoms. The third-order valence-corrected chi connectivity index (χ3v) is 4.50. The van der Waals surface area contributed by atoms with Crippen molar-refractivity contribution in [3.63, 3.8) is 0 Å². The summed E-state index contributed by atoms with van der Waals surface area (Å²) < 4.78 is 24.6. The SMILES string of the molecule is CCS(=O)(=O)CCn1c(N)nc2cc(C)cnc21. The number of nitrogens with zero attached hydrogens (tertiary/aromatic N) is 3. The summed E-state index contributed by atoms with van der Waals surface area (Å²) in [5.41, 5.74) is 8.11. The molecule has 0 fully saturated rings. The number of rotatable bonds is 4. The van der Waals surface area contributed by atoms with E-state index in [-0.39, 0.29) is 18.1 Å². The van der Waals surface area contributed by atoms with Gasteiger partial charge in [0.05, 0.1) is 5.75 Å². The van der Waals surface area contributed by atoms with Crippen molar-refractivity contribution in [2.24, 2.45) is 0 Å². The predicted octanol–water partition coefficient (Wildman–Crippen LogP) is 0.757. The number of aromatic nitrogens is 3.